The molecule has 118 valence electrons. The Hall–Kier alpha value is -1.13. The molecule has 0 saturated heterocycles. The second kappa shape index (κ2) is 11.7. The van der Waals surface area contributed by atoms with Gasteiger partial charge in [0.15, 0.2) is 0 Å². The number of alkyl halides is 1. The summed E-state index contributed by atoms with van der Waals surface area (Å²) in [5, 5.41) is 8.74. The molecule has 0 bridgehead atoms. The molecule has 0 saturated carbocycles. The number of hydrogen-bond acceptors (Lipinski definition) is 2. The number of carboxylic acids is 1. The Labute approximate surface area is 121 Å². The second-order valence-electron chi connectivity index (χ2n) is 5.19. The smallest absolute Gasteiger partial charge is 0.323 e. The molecular formula is C15H28FNO3. The Balaban J connectivity index is 3.86. The van der Waals surface area contributed by atoms with Crippen LogP contribution in [-0.4, -0.2) is 41.1 Å². The summed E-state index contributed by atoms with van der Waals surface area (Å²) in [4.78, 5) is 23.9. The molecule has 0 aromatic carbocycles. The van der Waals surface area contributed by atoms with Gasteiger partial charge in [-0.25, -0.2) is 4.39 Å². The Kier molecular flexibility index (Phi) is 11.0. The molecule has 0 aromatic rings. The van der Waals surface area contributed by atoms with Gasteiger partial charge in [-0.05, 0) is 25.7 Å². The van der Waals surface area contributed by atoms with Gasteiger partial charge >= 0.3 is 5.97 Å². The summed E-state index contributed by atoms with van der Waals surface area (Å²) in [7, 11) is 0. The first kappa shape index (κ1) is 18.9. The van der Waals surface area contributed by atoms with Crippen molar-refractivity contribution in [1.29, 1.82) is 0 Å². The summed E-state index contributed by atoms with van der Waals surface area (Å²) in [6, 6.07) is 0. The van der Waals surface area contributed by atoms with E-state index in [1.807, 2.05) is 13.8 Å². The van der Waals surface area contributed by atoms with Crippen LogP contribution in [0.5, 0.6) is 0 Å². The van der Waals surface area contributed by atoms with Gasteiger partial charge in [0.05, 0.1) is 0 Å². The molecule has 5 heteroatoms. The minimum atomic E-state index is -0.991. The van der Waals surface area contributed by atoms with Crippen molar-refractivity contribution < 1.29 is 19.1 Å². The van der Waals surface area contributed by atoms with Crippen molar-refractivity contribution in [2.24, 2.45) is 0 Å². The number of carbonyl (C=O) groups is 2. The summed E-state index contributed by atoms with van der Waals surface area (Å²) in [6.45, 7) is 4.17. The SMILES string of the molecule is CCCCC(F)CCCCC(=O)N(CCC)CC(=O)O. The van der Waals surface area contributed by atoms with Crippen LogP contribution >= 0.6 is 0 Å². The molecule has 1 unspecified atom stereocenters. The van der Waals surface area contributed by atoms with Crippen LogP contribution < -0.4 is 0 Å². The fourth-order valence-corrected chi connectivity index (χ4v) is 2.10. The highest BCUT2D eigenvalue weighted by Crippen LogP contribution is 2.13. The van der Waals surface area contributed by atoms with E-state index in [1.54, 1.807) is 0 Å². The maximum Gasteiger partial charge on any atom is 0.323 e. The van der Waals surface area contributed by atoms with Crippen LogP contribution in [0, 0.1) is 0 Å². The van der Waals surface area contributed by atoms with Gasteiger partial charge in [0.25, 0.3) is 0 Å². The van der Waals surface area contributed by atoms with Crippen molar-refractivity contribution in [3.63, 3.8) is 0 Å². The normalized spacial score (nSPS) is 12.2. The topological polar surface area (TPSA) is 57.6 Å². The quantitative estimate of drug-likeness (QED) is 0.560. The van der Waals surface area contributed by atoms with Crippen LogP contribution in [0.1, 0.15) is 65.2 Å². The van der Waals surface area contributed by atoms with E-state index < -0.39 is 12.1 Å². The molecule has 1 atom stereocenters. The lowest BCUT2D eigenvalue weighted by molar-refractivity contribution is -0.144. The number of amides is 1. The van der Waals surface area contributed by atoms with Crippen molar-refractivity contribution in [2.75, 3.05) is 13.1 Å². The third kappa shape index (κ3) is 9.75. The fourth-order valence-electron chi connectivity index (χ4n) is 2.10. The zero-order valence-corrected chi connectivity index (χ0v) is 12.7. The van der Waals surface area contributed by atoms with Crippen molar-refractivity contribution in [3.8, 4) is 0 Å². The lowest BCUT2D eigenvalue weighted by Crippen LogP contribution is -2.36. The van der Waals surface area contributed by atoms with E-state index in [1.165, 1.54) is 4.90 Å². The molecule has 0 heterocycles. The van der Waals surface area contributed by atoms with Crippen molar-refractivity contribution in [1.82, 2.24) is 4.90 Å². The highest BCUT2D eigenvalue weighted by molar-refractivity contribution is 5.81. The van der Waals surface area contributed by atoms with Gasteiger partial charge in [-0.3, -0.25) is 9.59 Å². The Bertz CT molecular complexity index is 284. The van der Waals surface area contributed by atoms with Crippen LogP contribution in [0.15, 0.2) is 0 Å². The average Bonchev–Trinajstić information content (AvgIpc) is 2.40. The number of carbonyl (C=O) groups excluding carboxylic acids is 1. The number of carboxylic acid groups (broad SMARTS) is 1. The molecule has 0 rings (SSSR count). The molecule has 1 N–H and O–H groups in total. The molecular weight excluding hydrogens is 261 g/mol. The summed E-state index contributed by atoms with van der Waals surface area (Å²) >= 11 is 0. The van der Waals surface area contributed by atoms with E-state index in [2.05, 4.69) is 0 Å². The van der Waals surface area contributed by atoms with Crippen molar-refractivity contribution >= 4 is 11.9 Å². The molecule has 1 amide bonds. The Morgan fingerprint density at radius 2 is 1.75 bits per heavy atom. The summed E-state index contributed by atoms with van der Waals surface area (Å²) in [5.74, 6) is -1.13. The summed E-state index contributed by atoms with van der Waals surface area (Å²) in [5.41, 5.74) is 0. The van der Waals surface area contributed by atoms with Crippen molar-refractivity contribution in [3.05, 3.63) is 0 Å². The Morgan fingerprint density at radius 1 is 1.10 bits per heavy atom. The van der Waals surface area contributed by atoms with Gasteiger partial charge in [-0.2, -0.15) is 0 Å². The molecule has 4 nitrogen and oxygen atoms in total. The maximum absolute atomic E-state index is 13.4. The molecule has 0 spiro atoms. The van der Waals surface area contributed by atoms with E-state index in [0.717, 1.165) is 19.3 Å². The number of unbranched alkanes of at least 4 members (excludes halogenated alkanes) is 2. The average molecular weight is 289 g/mol. The van der Waals surface area contributed by atoms with Crippen LogP contribution in [0.3, 0.4) is 0 Å². The van der Waals surface area contributed by atoms with Gasteiger partial charge in [0, 0.05) is 13.0 Å². The first-order chi connectivity index (χ1) is 9.51. The number of aliphatic carboxylic acids is 1. The highest BCUT2D eigenvalue weighted by atomic mass is 19.1. The number of halogens is 1. The molecule has 0 aliphatic rings. The number of hydrogen-bond donors (Lipinski definition) is 1. The van der Waals surface area contributed by atoms with Gasteiger partial charge in [0.1, 0.15) is 12.7 Å². The summed E-state index contributed by atoms with van der Waals surface area (Å²) < 4.78 is 13.4. The molecule has 0 aliphatic carbocycles. The lowest BCUT2D eigenvalue weighted by Gasteiger charge is -2.19. The van der Waals surface area contributed by atoms with Crippen LogP contribution in [-0.2, 0) is 9.59 Å². The van der Waals surface area contributed by atoms with E-state index in [4.69, 9.17) is 5.11 Å². The maximum atomic E-state index is 13.4. The standard InChI is InChI=1S/C15H28FNO3/c1-3-5-8-13(16)9-6-7-10-14(18)17(11-4-2)12-15(19)20/h13H,3-12H2,1-2H3,(H,19,20). The number of rotatable bonds is 12. The monoisotopic (exact) mass is 289 g/mol. The highest BCUT2D eigenvalue weighted by Gasteiger charge is 2.15. The third-order valence-electron chi connectivity index (χ3n) is 3.20. The fraction of sp³-hybridized carbons (Fsp3) is 0.867. The summed E-state index contributed by atoms with van der Waals surface area (Å²) in [6.07, 6.45) is 4.61. The van der Waals surface area contributed by atoms with E-state index >= 15 is 0 Å². The zero-order chi connectivity index (χ0) is 15.4. The minimum Gasteiger partial charge on any atom is -0.480 e. The Morgan fingerprint density at radius 3 is 2.30 bits per heavy atom. The van der Waals surface area contributed by atoms with Crippen LogP contribution in [0.4, 0.5) is 4.39 Å². The van der Waals surface area contributed by atoms with Crippen LogP contribution in [0.25, 0.3) is 0 Å². The van der Waals surface area contributed by atoms with Gasteiger partial charge in [-0.1, -0.05) is 33.1 Å². The third-order valence-corrected chi connectivity index (χ3v) is 3.20. The predicted molar refractivity (Wildman–Crippen MR) is 77.4 cm³/mol. The van der Waals surface area contributed by atoms with E-state index in [0.29, 0.717) is 38.6 Å². The van der Waals surface area contributed by atoms with Crippen molar-refractivity contribution in [2.45, 2.75) is 71.4 Å². The molecule has 0 radical (unpaired) electrons. The van der Waals surface area contributed by atoms with Gasteiger partial charge in [0.2, 0.25) is 5.91 Å². The first-order valence-electron chi connectivity index (χ1n) is 7.64. The van der Waals surface area contributed by atoms with Gasteiger partial charge < -0.3 is 10.0 Å². The van der Waals surface area contributed by atoms with E-state index in [9.17, 15) is 14.0 Å². The lowest BCUT2D eigenvalue weighted by atomic mass is 10.1. The van der Waals surface area contributed by atoms with E-state index in [-0.39, 0.29) is 12.5 Å². The largest absolute Gasteiger partial charge is 0.480 e. The molecule has 0 fully saturated rings. The number of nitrogens with zero attached hydrogens (tertiary/aromatic N) is 1. The first-order valence-corrected chi connectivity index (χ1v) is 7.64. The molecule has 20 heavy (non-hydrogen) atoms. The van der Waals surface area contributed by atoms with Crippen LogP contribution in [0.2, 0.25) is 0 Å². The molecule has 0 aliphatic heterocycles. The zero-order valence-electron chi connectivity index (χ0n) is 12.7. The minimum absolute atomic E-state index is 0.141. The predicted octanol–water partition coefficient (Wildman–Crippen LogP) is 3.40. The molecule has 0 aromatic heterocycles. The van der Waals surface area contributed by atoms with Gasteiger partial charge in [-0.15, -0.1) is 0 Å². The second-order valence-corrected chi connectivity index (χ2v) is 5.19.